The van der Waals surface area contributed by atoms with E-state index in [2.05, 4.69) is 23.5 Å². The molecular formula is C14H17NO2. The molecule has 1 saturated heterocycles. The third-order valence-corrected chi connectivity index (χ3v) is 4.01. The van der Waals surface area contributed by atoms with E-state index in [1.165, 1.54) is 18.1 Å². The molecule has 1 aliphatic carbocycles. The lowest BCUT2D eigenvalue weighted by Gasteiger charge is -2.23. The number of carbonyl (C=O) groups is 1. The van der Waals surface area contributed by atoms with Crippen LogP contribution in [0.1, 0.15) is 37.0 Å². The van der Waals surface area contributed by atoms with Crippen LogP contribution in [0.25, 0.3) is 0 Å². The van der Waals surface area contributed by atoms with Crippen LogP contribution in [0.3, 0.4) is 0 Å². The summed E-state index contributed by atoms with van der Waals surface area (Å²) in [7, 11) is 0. The first kappa shape index (κ1) is 10.8. The van der Waals surface area contributed by atoms with Crippen LogP contribution in [0.5, 0.6) is 0 Å². The Balaban J connectivity index is 2.00. The highest BCUT2D eigenvalue weighted by Gasteiger charge is 2.46. The van der Waals surface area contributed by atoms with Crippen LogP contribution in [0.15, 0.2) is 24.3 Å². The summed E-state index contributed by atoms with van der Waals surface area (Å²) in [5.41, 5.74) is 2.76. The van der Waals surface area contributed by atoms with E-state index in [1.807, 2.05) is 6.07 Å². The summed E-state index contributed by atoms with van der Waals surface area (Å²) in [5.74, 6) is -0.187. The Morgan fingerprint density at radius 1 is 1.47 bits per heavy atom. The fourth-order valence-corrected chi connectivity index (χ4v) is 3.29. The molecule has 3 rings (SSSR count). The van der Waals surface area contributed by atoms with E-state index >= 15 is 0 Å². The molecule has 2 aliphatic rings. The van der Waals surface area contributed by atoms with Gasteiger partial charge in [-0.15, -0.1) is 0 Å². The van der Waals surface area contributed by atoms with Crippen molar-refractivity contribution in [2.75, 3.05) is 13.1 Å². The standard InChI is InChI=1S/C14H17NO2/c1-10(16)17-13-8-14(6-7-15-9-14)12-5-3-2-4-11(12)13/h2-5,13,15H,6-9H2,1H3. The summed E-state index contributed by atoms with van der Waals surface area (Å²) in [6.07, 6.45) is 2.02. The van der Waals surface area contributed by atoms with Gasteiger partial charge in [0.15, 0.2) is 0 Å². The van der Waals surface area contributed by atoms with Gasteiger partial charge in [0.25, 0.3) is 0 Å². The van der Waals surface area contributed by atoms with Crippen LogP contribution in [0.2, 0.25) is 0 Å². The van der Waals surface area contributed by atoms with Crippen LogP contribution < -0.4 is 5.32 Å². The molecule has 1 aliphatic heterocycles. The fraction of sp³-hybridized carbons (Fsp3) is 0.500. The Bertz CT molecular complexity index is 449. The molecule has 1 aromatic carbocycles. The number of hydrogen-bond acceptors (Lipinski definition) is 3. The maximum atomic E-state index is 11.2. The minimum atomic E-state index is -0.187. The fourth-order valence-electron chi connectivity index (χ4n) is 3.29. The Hall–Kier alpha value is -1.35. The van der Waals surface area contributed by atoms with Gasteiger partial charge >= 0.3 is 5.97 Å². The molecule has 1 aromatic rings. The third kappa shape index (κ3) is 1.65. The molecule has 1 fully saturated rings. The van der Waals surface area contributed by atoms with Crippen LogP contribution in [0, 0.1) is 0 Å². The second-order valence-electron chi connectivity index (χ2n) is 5.10. The van der Waals surface area contributed by atoms with E-state index in [1.54, 1.807) is 0 Å². The quantitative estimate of drug-likeness (QED) is 0.750. The summed E-state index contributed by atoms with van der Waals surface area (Å²) >= 11 is 0. The van der Waals surface area contributed by atoms with E-state index in [0.29, 0.717) is 0 Å². The maximum absolute atomic E-state index is 11.2. The molecule has 1 N–H and O–H groups in total. The van der Waals surface area contributed by atoms with Gasteiger partial charge in [-0.3, -0.25) is 4.79 Å². The van der Waals surface area contributed by atoms with Crippen molar-refractivity contribution in [3.05, 3.63) is 35.4 Å². The van der Waals surface area contributed by atoms with E-state index in [-0.39, 0.29) is 17.5 Å². The van der Waals surface area contributed by atoms with E-state index in [4.69, 9.17) is 4.74 Å². The zero-order chi connectivity index (χ0) is 11.9. The van der Waals surface area contributed by atoms with Gasteiger partial charge < -0.3 is 10.1 Å². The van der Waals surface area contributed by atoms with Gasteiger partial charge in [-0.25, -0.2) is 0 Å². The SMILES string of the molecule is CC(=O)OC1CC2(CCNC2)c2ccccc21. The molecule has 1 heterocycles. The Kier molecular flexibility index (Phi) is 2.44. The number of fused-ring (bicyclic) bond motifs is 2. The highest BCUT2D eigenvalue weighted by Crippen LogP contribution is 2.49. The first-order valence-electron chi connectivity index (χ1n) is 6.19. The second-order valence-corrected chi connectivity index (χ2v) is 5.10. The summed E-state index contributed by atoms with van der Waals surface area (Å²) in [6, 6.07) is 8.38. The lowest BCUT2D eigenvalue weighted by atomic mass is 9.81. The van der Waals surface area contributed by atoms with Gasteiger partial charge in [0, 0.05) is 18.9 Å². The minimum Gasteiger partial charge on any atom is -0.458 e. The summed E-state index contributed by atoms with van der Waals surface area (Å²) < 4.78 is 5.46. The van der Waals surface area contributed by atoms with Crippen LogP contribution >= 0.6 is 0 Å². The van der Waals surface area contributed by atoms with Crippen molar-refractivity contribution in [3.63, 3.8) is 0 Å². The van der Waals surface area contributed by atoms with E-state index in [0.717, 1.165) is 25.9 Å². The van der Waals surface area contributed by atoms with Gasteiger partial charge in [-0.1, -0.05) is 24.3 Å². The van der Waals surface area contributed by atoms with E-state index in [9.17, 15) is 4.79 Å². The summed E-state index contributed by atoms with van der Waals surface area (Å²) in [6.45, 7) is 3.55. The number of carbonyl (C=O) groups excluding carboxylic acids is 1. The average molecular weight is 231 g/mol. The number of rotatable bonds is 1. The molecule has 0 radical (unpaired) electrons. The second kappa shape index (κ2) is 3.84. The van der Waals surface area contributed by atoms with Gasteiger partial charge in [-0.2, -0.15) is 0 Å². The molecule has 2 atom stereocenters. The Morgan fingerprint density at radius 2 is 2.29 bits per heavy atom. The first-order valence-corrected chi connectivity index (χ1v) is 6.19. The van der Waals surface area contributed by atoms with Crippen molar-refractivity contribution in [2.24, 2.45) is 0 Å². The number of benzene rings is 1. The molecule has 0 saturated carbocycles. The zero-order valence-electron chi connectivity index (χ0n) is 10.0. The van der Waals surface area contributed by atoms with Crippen LogP contribution in [-0.4, -0.2) is 19.1 Å². The Labute approximate surface area is 101 Å². The van der Waals surface area contributed by atoms with Crippen molar-refractivity contribution < 1.29 is 9.53 Å². The smallest absolute Gasteiger partial charge is 0.303 e. The molecule has 17 heavy (non-hydrogen) atoms. The van der Waals surface area contributed by atoms with Crippen molar-refractivity contribution in [3.8, 4) is 0 Å². The van der Waals surface area contributed by atoms with Crippen molar-refractivity contribution in [1.82, 2.24) is 5.32 Å². The molecule has 3 nitrogen and oxygen atoms in total. The number of hydrogen-bond donors (Lipinski definition) is 1. The molecule has 90 valence electrons. The largest absolute Gasteiger partial charge is 0.458 e. The van der Waals surface area contributed by atoms with Crippen LogP contribution in [-0.2, 0) is 14.9 Å². The van der Waals surface area contributed by atoms with Gasteiger partial charge in [-0.05, 0) is 30.5 Å². The first-order chi connectivity index (χ1) is 8.21. The number of esters is 1. The molecule has 0 bridgehead atoms. The molecule has 3 heteroatoms. The minimum absolute atomic E-state index is 0.0522. The van der Waals surface area contributed by atoms with Crippen molar-refractivity contribution >= 4 is 5.97 Å². The van der Waals surface area contributed by atoms with Crippen molar-refractivity contribution in [2.45, 2.75) is 31.3 Å². The Morgan fingerprint density at radius 3 is 3.00 bits per heavy atom. The monoisotopic (exact) mass is 231 g/mol. The maximum Gasteiger partial charge on any atom is 0.303 e. The molecular weight excluding hydrogens is 214 g/mol. The molecule has 0 aromatic heterocycles. The van der Waals surface area contributed by atoms with Crippen LogP contribution in [0.4, 0.5) is 0 Å². The average Bonchev–Trinajstić information content (AvgIpc) is 2.88. The predicted molar refractivity (Wildman–Crippen MR) is 64.7 cm³/mol. The highest BCUT2D eigenvalue weighted by atomic mass is 16.5. The van der Waals surface area contributed by atoms with Gasteiger partial charge in [0.05, 0.1) is 0 Å². The normalized spacial score (nSPS) is 30.5. The van der Waals surface area contributed by atoms with Crippen molar-refractivity contribution in [1.29, 1.82) is 0 Å². The van der Waals surface area contributed by atoms with Gasteiger partial charge in [0.2, 0.25) is 0 Å². The molecule has 2 unspecified atom stereocenters. The predicted octanol–water partition coefficient (Wildman–Crippen LogP) is 1.93. The summed E-state index contributed by atoms with van der Waals surface area (Å²) in [4.78, 5) is 11.2. The third-order valence-electron chi connectivity index (χ3n) is 4.01. The molecule has 0 amide bonds. The lowest BCUT2D eigenvalue weighted by Crippen LogP contribution is -2.26. The van der Waals surface area contributed by atoms with E-state index < -0.39 is 0 Å². The highest BCUT2D eigenvalue weighted by molar-refractivity contribution is 5.66. The lowest BCUT2D eigenvalue weighted by molar-refractivity contribution is -0.147. The zero-order valence-corrected chi connectivity index (χ0v) is 10.0. The topological polar surface area (TPSA) is 38.3 Å². The van der Waals surface area contributed by atoms with Gasteiger partial charge in [0.1, 0.15) is 6.10 Å². The summed E-state index contributed by atoms with van der Waals surface area (Å²) in [5, 5.41) is 3.43. The number of nitrogens with one attached hydrogen (secondary N) is 1. The molecule has 1 spiro atoms. The number of ether oxygens (including phenoxy) is 1.